The Morgan fingerprint density at radius 3 is 2.44 bits per heavy atom. The highest BCUT2D eigenvalue weighted by molar-refractivity contribution is 6.30. The van der Waals surface area contributed by atoms with Gasteiger partial charge in [-0.15, -0.1) is 0 Å². The third-order valence-corrected chi connectivity index (χ3v) is 6.45. The van der Waals surface area contributed by atoms with Crippen LogP contribution in [0, 0.1) is 0 Å². The first-order valence-corrected chi connectivity index (χ1v) is 12.7. The van der Waals surface area contributed by atoms with Crippen molar-refractivity contribution in [1.82, 2.24) is 21.3 Å². The minimum absolute atomic E-state index is 0.0916. The number of benzene rings is 2. The molecule has 0 bridgehead atoms. The summed E-state index contributed by atoms with van der Waals surface area (Å²) in [4.78, 5) is 36.9. The monoisotopic (exact) mass is 563 g/mol. The Hall–Kier alpha value is -3.42. The van der Waals surface area contributed by atoms with Crippen LogP contribution in [-0.4, -0.2) is 76.8 Å². The quantitative estimate of drug-likeness (QED) is 0.187. The average Bonchev–Trinajstić information content (AvgIpc) is 2.87. The summed E-state index contributed by atoms with van der Waals surface area (Å²) in [5.41, 5.74) is 0.991. The van der Waals surface area contributed by atoms with Crippen LogP contribution in [0.25, 0.3) is 0 Å². The summed E-state index contributed by atoms with van der Waals surface area (Å²) in [5.74, 6) is -2.59. The van der Waals surface area contributed by atoms with Gasteiger partial charge in [0.05, 0.1) is 31.7 Å². The van der Waals surface area contributed by atoms with Crippen LogP contribution in [0.1, 0.15) is 47.8 Å². The van der Waals surface area contributed by atoms with Gasteiger partial charge in [0, 0.05) is 40.8 Å². The molecule has 1 aliphatic rings. The normalized spacial score (nSPS) is 18.2. The van der Waals surface area contributed by atoms with Crippen LogP contribution in [0.3, 0.4) is 0 Å². The van der Waals surface area contributed by atoms with Crippen molar-refractivity contribution in [2.45, 2.75) is 44.1 Å². The van der Waals surface area contributed by atoms with Gasteiger partial charge in [0.1, 0.15) is 12.0 Å². The van der Waals surface area contributed by atoms with E-state index in [0.717, 1.165) is 0 Å². The number of hydrogen-bond acceptors (Lipinski definition) is 9. The number of carboxylic acids is 1. The van der Waals surface area contributed by atoms with Crippen molar-refractivity contribution in [2.24, 2.45) is 0 Å². The zero-order chi connectivity index (χ0) is 28.7. The molecule has 1 fully saturated rings. The number of halogens is 1. The number of hydrogen-bond donors (Lipinski definition) is 9. The van der Waals surface area contributed by atoms with Crippen LogP contribution in [0.2, 0.25) is 5.02 Å². The number of aliphatic carboxylic acids is 1. The number of carbonyl (C=O) groups is 3. The van der Waals surface area contributed by atoms with Crippen molar-refractivity contribution in [3.05, 3.63) is 58.1 Å². The topological polar surface area (TPSA) is 192 Å². The lowest BCUT2D eigenvalue weighted by Crippen LogP contribution is -2.58. The molecular weight excluding hydrogens is 530 g/mol. The summed E-state index contributed by atoms with van der Waals surface area (Å²) in [7, 11) is 0. The maximum Gasteiger partial charge on any atom is 0.305 e. The molecule has 0 aliphatic carbocycles. The highest BCUT2D eigenvalue weighted by atomic mass is 35.5. The molecule has 3 rings (SSSR count). The molecule has 13 heteroatoms. The molecule has 1 saturated heterocycles. The predicted octanol–water partition coefficient (Wildman–Crippen LogP) is 0.627. The van der Waals surface area contributed by atoms with Crippen molar-refractivity contribution < 1.29 is 34.8 Å². The Balaban J connectivity index is 1.66. The predicted molar refractivity (Wildman–Crippen MR) is 145 cm³/mol. The summed E-state index contributed by atoms with van der Waals surface area (Å²) in [6.45, 7) is 3.72. The Morgan fingerprint density at radius 1 is 1.10 bits per heavy atom. The smallest absolute Gasteiger partial charge is 0.305 e. The number of aliphatic hydroxyl groups excluding tert-OH is 2. The van der Waals surface area contributed by atoms with E-state index in [9.17, 15) is 34.8 Å². The molecule has 0 radical (unpaired) electrons. The minimum Gasteiger partial charge on any atom is -0.508 e. The van der Waals surface area contributed by atoms with Crippen LogP contribution in [-0.2, 0) is 15.0 Å². The van der Waals surface area contributed by atoms with Gasteiger partial charge in [0.15, 0.2) is 0 Å². The Bertz CT molecular complexity index is 1200. The van der Waals surface area contributed by atoms with Gasteiger partial charge < -0.3 is 36.4 Å². The molecule has 1 heterocycles. The second-order valence-corrected chi connectivity index (χ2v) is 10.5. The number of phenolic OH excluding ortho intramolecular Hbond substituents is 1. The van der Waals surface area contributed by atoms with Crippen LogP contribution in [0.4, 0.5) is 5.69 Å². The zero-order valence-corrected chi connectivity index (χ0v) is 22.4. The summed E-state index contributed by atoms with van der Waals surface area (Å²) in [5, 5.41) is 53.3. The maximum absolute atomic E-state index is 12.7. The largest absolute Gasteiger partial charge is 0.508 e. The lowest BCUT2D eigenvalue weighted by molar-refractivity contribution is -0.137. The van der Waals surface area contributed by atoms with E-state index in [-0.39, 0.29) is 17.9 Å². The molecule has 2 amide bonds. The number of phenols is 1. The van der Waals surface area contributed by atoms with E-state index in [1.807, 2.05) is 0 Å². The first kappa shape index (κ1) is 30.1. The van der Waals surface area contributed by atoms with Crippen molar-refractivity contribution in [3.63, 3.8) is 0 Å². The standard InChI is InChI=1S/C26H34ClN5O7/c1-26(2,13-33)16-3-14(4-17(27)7-16)21(9-23(37)38)32-22(36)12-28-24(39)15-5-18(8-19(34)6-15)31-25-29-10-20(35)11-30-25/h3-8,20-21,25,29-31,33-35H,9-13H2,1-2H3,(H,28,39)(H,32,36)(H,37,38)/t20?,21-,25?/m0/s1. The van der Waals surface area contributed by atoms with Crippen molar-refractivity contribution in [2.75, 3.05) is 31.6 Å². The number of rotatable bonds is 11. The second kappa shape index (κ2) is 13.1. The second-order valence-electron chi connectivity index (χ2n) is 10.0. The number of amides is 2. The van der Waals surface area contributed by atoms with E-state index in [1.165, 1.54) is 18.2 Å². The van der Waals surface area contributed by atoms with Crippen LogP contribution >= 0.6 is 11.6 Å². The molecule has 0 aromatic heterocycles. The van der Waals surface area contributed by atoms with Crippen LogP contribution < -0.4 is 26.6 Å². The van der Waals surface area contributed by atoms with Gasteiger partial charge in [-0.05, 0) is 35.4 Å². The molecular formula is C26H34ClN5O7. The van der Waals surface area contributed by atoms with E-state index < -0.39 is 54.6 Å². The number of aromatic hydroxyl groups is 1. The fourth-order valence-corrected chi connectivity index (χ4v) is 4.22. The van der Waals surface area contributed by atoms with Crippen molar-refractivity contribution in [3.8, 4) is 5.75 Å². The fraction of sp³-hybridized carbons (Fsp3) is 0.423. The molecule has 12 nitrogen and oxygen atoms in total. The molecule has 2 aromatic carbocycles. The average molecular weight is 564 g/mol. The van der Waals surface area contributed by atoms with Gasteiger partial charge in [-0.2, -0.15) is 0 Å². The SMILES string of the molecule is CC(C)(CO)c1cc(Cl)cc([C@H](CC(=O)O)NC(=O)CNC(=O)c2cc(O)cc(NC3NCC(O)CN3)c2)c1. The maximum atomic E-state index is 12.7. The van der Waals surface area contributed by atoms with E-state index in [2.05, 4.69) is 26.6 Å². The summed E-state index contributed by atoms with van der Waals surface area (Å²) >= 11 is 6.25. The number of anilines is 1. The van der Waals surface area contributed by atoms with E-state index >= 15 is 0 Å². The van der Waals surface area contributed by atoms with Gasteiger partial charge in [-0.1, -0.05) is 31.5 Å². The summed E-state index contributed by atoms with van der Waals surface area (Å²) in [6.07, 6.45) is -1.35. The summed E-state index contributed by atoms with van der Waals surface area (Å²) < 4.78 is 0. The molecule has 9 N–H and O–H groups in total. The molecule has 1 atom stereocenters. The van der Waals surface area contributed by atoms with Gasteiger partial charge in [0.2, 0.25) is 5.91 Å². The van der Waals surface area contributed by atoms with Gasteiger partial charge in [0.25, 0.3) is 5.91 Å². The van der Waals surface area contributed by atoms with Crippen molar-refractivity contribution >= 4 is 35.1 Å². The molecule has 1 aliphatic heterocycles. The highest BCUT2D eigenvalue weighted by Gasteiger charge is 2.25. The molecule has 0 unspecified atom stereocenters. The van der Waals surface area contributed by atoms with Crippen LogP contribution in [0.15, 0.2) is 36.4 Å². The Kier molecular flexibility index (Phi) is 10.1. The molecule has 0 saturated carbocycles. The third kappa shape index (κ3) is 8.80. The van der Waals surface area contributed by atoms with E-state index in [0.29, 0.717) is 34.9 Å². The third-order valence-electron chi connectivity index (χ3n) is 6.23. The first-order valence-electron chi connectivity index (χ1n) is 12.3. The highest BCUT2D eigenvalue weighted by Crippen LogP contribution is 2.30. The van der Waals surface area contributed by atoms with Crippen molar-refractivity contribution in [1.29, 1.82) is 0 Å². The van der Waals surface area contributed by atoms with Crippen LogP contribution in [0.5, 0.6) is 5.75 Å². The number of β-amino-alcohol motifs (C(OH)–C–C–N with tert-alkyl or cyclic N) is 1. The number of carbonyl (C=O) groups excluding carboxylic acids is 2. The summed E-state index contributed by atoms with van der Waals surface area (Å²) in [6, 6.07) is 8.12. The van der Waals surface area contributed by atoms with E-state index in [4.69, 9.17) is 11.6 Å². The Morgan fingerprint density at radius 2 is 1.79 bits per heavy atom. The number of carboxylic acid groups (broad SMARTS) is 1. The lowest BCUT2D eigenvalue weighted by atomic mass is 9.84. The van der Waals surface area contributed by atoms with Gasteiger partial charge in [-0.3, -0.25) is 25.0 Å². The Labute approximate surface area is 230 Å². The van der Waals surface area contributed by atoms with Gasteiger partial charge >= 0.3 is 5.97 Å². The fourth-order valence-electron chi connectivity index (χ4n) is 3.98. The van der Waals surface area contributed by atoms with E-state index in [1.54, 1.807) is 32.0 Å². The molecule has 2 aromatic rings. The number of aliphatic hydroxyl groups is 2. The lowest BCUT2D eigenvalue weighted by Gasteiger charge is -2.29. The number of nitrogens with one attached hydrogen (secondary N) is 5. The molecule has 39 heavy (non-hydrogen) atoms. The zero-order valence-electron chi connectivity index (χ0n) is 21.6. The minimum atomic E-state index is -1.15. The van der Waals surface area contributed by atoms with Gasteiger partial charge in [-0.25, -0.2) is 0 Å². The molecule has 0 spiro atoms. The molecule has 212 valence electrons. The first-order chi connectivity index (χ1) is 18.4.